The number of phenolic OH excluding ortho intramolecular Hbond substituents is 1. The molecule has 0 fully saturated rings. The number of anilines is 1. The van der Waals surface area contributed by atoms with Gasteiger partial charge in [0.15, 0.2) is 11.5 Å². The minimum Gasteiger partial charge on any atom is -0.504 e. The van der Waals surface area contributed by atoms with E-state index in [0.717, 1.165) is 0 Å². The summed E-state index contributed by atoms with van der Waals surface area (Å²) in [5.41, 5.74) is 0.305. The highest BCUT2D eigenvalue weighted by Gasteiger charge is 2.30. The monoisotopic (exact) mass is 217 g/mol. The van der Waals surface area contributed by atoms with Gasteiger partial charge in [-0.3, -0.25) is 0 Å². The van der Waals surface area contributed by atoms with Gasteiger partial charge in [-0.05, 0) is 12.1 Å². The molecule has 0 radical (unpaired) electrons. The second-order valence-corrected chi connectivity index (χ2v) is 3.76. The van der Waals surface area contributed by atoms with Crippen LogP contribution in [0.15, 0.2) is 12.1 Å². The minimum absolute atomic E-state index is 0.103. The average molecular weight is 217 g/mol. The normalized spacial score (nSPS) is 16.6. The first-order valence-electron chi connectivity index (χ1n) is 3.71. The Morgan fingerprint density at radius 1 is 1.36 bits per heavy atom. The fourth-order valence-corrected chi connectivity index (χ4v) is 1.94. The van der Waals surface area contributed by atoms with E-state index in [4.69, 9.17) is 0 Å². The molecule has 0 aliphatic carbocycles. The molecule has 1 aromatic carbocycles. The van der Waals surface area contributed by atoms with Gasteiger partial charge in [-0.2, -0.15) is 0 Å². The summed E-state index contributed by atoms with van der Waals surface area (Å²) in [4.78, 5) is 0. The molecule has 76 valence electrons. The SMILES string of the molecule is CNc1c2ccc(O)c1OS(=O)(=O)O2. The third-order valence-electron chi connectivity index (χ3n) is 1.73. The van der Waals surface area contributed by atoms with Crippen LogP contribution in [0.5, 0.6) is 17.2 Å². The molecule has 0 amide bonds. The molecule has 1 aliphatic rings. The summed E-state index contributed by atoms with van der Waals surface area (Å²) in [6.07, 6.45) is 0. The van der Waals surface area contributed by atoms with Crippen LogP contribution >= 0.6 is 0 Å². The summed E-state index contributed by atoms with van der Waals surface area (Å²) in [6, 6.07) is 2.63. The smallest absolute Gasteiger partial charge is 0.501 e. The molecule has 0 spiro atoms. The second-order valence-electron chi connectivity index (χ2n) is 2.61. The summed E-state index contributed by atoms with van der Waals surface area (Å²) in [6.45, 7) is 0. The van der Waals surface area contributed by atoms with E-state index < -0.39 is 10.4 Å². The third kappa shape index (κ3) is 1.22. The lowest BCUT2D eigenvalue weighted by Crippen LogP contribution is -2.21. The Morgan fingerprint density at radius 3 is 2.71 bits per heavy atom. The maximum Gasteiger partial charge on any atom is 0.501 e. The van der Waals surface area contributed by atoms with Gasteiger partial charge in [0.05, 0.1) is 0 Å². The van der Waals surface area contributed by atoms with Gasteiger partial charge < -0.3 is 18.8 Å². The van der Waals surface area contributed by atoms with Crippen LogP contribution in [0.25, 0.3) is 0 Å². The molecule has 0 unspecified atom stereocenters. The molecule has 0 saturated heterocycles. The van der Waals surface area contributed by atoms with Crippen molar-refractivity contribution in [3.8, 4) is 17.2 Å². The van der Waals surface area contributed by atoms with E-state index in [-0.39, 0.29) is 17.2 Å². The van der Waals surface area contributed by atoms with E-state index in [0.29, 0.717) is 5.69 Å². The number of fused-ring (bicyclic) bond motifs is 2. The van der Waals surface area contributed by atoms with Gasteiger partial charge in [0.1, 0.15) is 5.69 Å². The number of benzene rings is 1. The van der Waals surface area contributed by atoms with Crippen LogP contribution in [0, 0.1) is 0 Å². The highest BCUT2D eigenvalue weighted by atomic mass is 32.3. The second kappa shape index (κ2) is 2.68. The Balaban J connectivity index is 2.69. The highest BCUT2D eigenvalue weighted by molar-refractivity contribution is 7.82. The standard InChI is InChI=1S/C7H7NO5S/c1-8-6-5-3-2-4(9)7(6)13-14(10,11)12-5/h2-3,8-9H,1H3. The lowest BCUT2D eigenvalue weighted by atomic mass is 10.2. The van der Waals surface area contributed by atoms with Crippen molar-refractivity contribution in [2.75, 3.05) is 12.4 Å². The van der Waals surface area contributed by atoms with Gasteiger partial charge >= 0.3 is 10.4 Å². The van der Waals surface area contributed by atoms with Crippen LogP contribution < -0.4 is 13.7 Å². The maximum absolute atomic E-state index is 11.0. The van der Waals surface area contributed by atoms with E-state index in [1.54, 1.807) is 7.05 Å². The molecule has 2 bridgehead atoms. The minimum atomic E-state index is -4.08. The fraction of sp³-hybridized carbons (Fsp3) is 0.143. The van der Waals surface area contributed by atoms with Gasteiger partial charge in [0.25, 0.3) is 0 Å². The summed E-state index contributed by atoms with van der Waals surface area (Å²) >= 11 is 0. The van der Waals surface area contributed by atoms with Crippen molar-refractivity contribution < 1.29 is 21.9 Å². The molecule has 2 rings (SSSR count). The van der Waals surface area contributed by atoms with Crippen LogP contribution in [-0.2, 0) is 10.4 Å². The molecule has 14 heavy (non-hydrogen) atoms. The lowest BCUT2D eigenvalue weighted by molar-refractivity contribution is 0.362. The van der Waals surface area contributed by atoms with E-state index >= 15 is 0 Å². The number of rotatable bonds is 1. The Hall–Kier alpha value is -1.63. The quantitative estimate of drug-likeness (QED) is 0.710. The van der Waals surface area contributed by atoms with Crippen molar-refractivity contribution in [1.29, 1.82) is 0 Å². The average Bonchev–Trinajstić information content (AvgIpc) is 2.10. The zero-order valence-corrected chi connectivity index (χ0v) is 7.96. The molecule has 1 heterocycles. The Morgan fingerprint density at radius 2 is 2.07 bits per heavy atom. The van der Waals surface area contributed by atoms with Crippen LogP contribution in [0.3, 0.4) is 0 Å². The first-order chi connectivity index (χ1) is 6.53. The Labute approximate surface area is 80.4 Å². The molecule has 1 aromatic rings. The summed E-state index contributed by atoms with van der Waals surface area (Å²) in [7, 11) is -2.52. The first kappa shape index (κ1) is 8.95. The number of hydrogen-bond donors (Lipinski definition) is 2. The van der Waals surface area contributed by atoms with E-state index in [1.165, 1.54) is 12.1 Å². The molecule has 2 N–H and O–H groups in total. The van der Waals surface area contributed by atoms with Gasteiger partial charge in [0, 0.05) is 7.05 Å². The molecule has 1 aliphatic heterocycles. The number of aromatic hydroxyl groups is 1. The molecular formula is C7H7NO5S. The van der Waals surface area contributed by atoms with Crippen LogP contribution in [-0.4, -0.2) is 20.6 Å². The topological polar surface area (TPSA) is 84.9 Å². The zero-order chi connectivity index (χ0) is 10.3. The van der Waals surface area contributed by atoms with Gasteiger partial charge in [-0.25, -0.2) is 0 Å². The predicted octanol–water partition coefficient (Wildman–Crippen LogP) is 0.450. The van der Waals surface area contributed by atoms with Gasteiger partial charge in [-0.15, -0.1) is 8.42 Å². The van der Waals surface area contributed by atoms with Crippen molar-refractivity contribution in [2.45, 2.75) is 0 Å². The predicted molar refractivity (Wildman–Crippen MR) is 47.8 cm³/mol. The lowest BCUT2D eigenvalue weighted by Gasteiger charge is -2.20. The van der Waals surface area contributed by atoms with Crippen molar-refractivity contribution in [2.24, 2.45) is 0 Å². The third-order valence-corrected chi connectivity index (χ3v) is 2.48. The van der Waals surface area contributed by atoms with Crippen molar-refractivity contribution >= 4 is 16.1 Å². The highest BCUT2D eigenvalue weighted by Crippen LogP contribution is 2.45. The van der Waals surface area contributed by atoms with Crippen molar-refractivity contribution in [1.82, 2.24) is 0 Å². The molecule has 0 saturated carbocycles. The van der Waals surface area contributed by atoms with Crippen molar-refractivity contribution in [3.05, 3.63) is 12.1 Å². The first-order valence-corrected chi connectivity index (χ1v) is 5.04. The summed E-state index contributed by atoms with van der Waals surface area (Å²) in [5.74, 6) is -0.298. The largest absolute Gasteiger partial charge is 0.504 e. The molecule has 6 nitrogen and oxygen atoms in total. The van der Waals surface area contributed by atoms with Crippen LogP contribution in [0.1, 0.15) is 0 Å². The van der Waals surface area contributed by atoms with Crippen molar-refractivity contribution in [3.63, 3.8) is 0 Å². The summed E-state index contributed by atoms with van der Waals surface area (Å²) in [5, 5.41) is 12.0. The zero-order valence-electron chi connectivity index (χ0n) is 7.14. The maximum atomic E-state index is 11.0. The number of phenols is 1. The molecule has 0 aromatic heterocycles. The van der Waals surface area contributed by atoms with E-state index in [9.17, 15) is 13.5 Å². The Bertz CT molecular complexity index is 481. The molecule has 0 atom stereocenters. The van der Waals surface area contributed by atoms with E-state index in [1.807, 2.05) is 0 Å². The van der Waals surface area contributed by atoms with Gasteiger partial charge in [0.2, 0.25) is 5.75 Å². The summed E-state index contributed by atoms with van der Waals surface area (Å²) < 4.78 is 31.0. The van der Waals surface area contributed by atoms with Crippen LogP contribution in [0.4, 0.5) is 5.69 Å². The Kier molecular flexibility index (Phi) is 1.71. The number of hydrogen-bond acceptors (Lipinski definition) is 6. The molecular weight excluding hydrogens is 210 g/mol. The van der Waals surface area contributed by atoms with Crippen LogP contribution in [0.2, 0.25) is 0 Å². The molecule has 7 heteroatoms. The fourth-order valence-electron chi connectivity index (χ4n) is 1.17. The van der Waals surface area contributed by atoms with E-state index in [2.05, 4.69) is 13.7 Å². The van der Waals surface area contributed by atoms with Gasteiger partial charge in [-0.1, -0.05) is 0 Å². The number of nitrogens with one attached hydrogen (secondary N) is 1.